The molecule has 1 fully saturated rings. The van der Waals surface area contributed by atoms with Gasteiger partial charge < -0.3 is 9.63 Å². The van der Waals surface area contributed by atoms with E-state index in [4.69, 9.17) is 4.52 Å². The van der Waals surface area contributed by atoms with Crippen molar-refractivity contribution in [2.75, 3.05) is 6.54 Å². The predicted octanol–water partition coefficient (Wildman–Crippen LogP) is 2.63. The minimum atomic E-state index is -0.789. The van der Waals surface area contributed by atoms with Gasteiger partial charge in [-0.1, -0.05) is 12.1 Å². The normalized spacial score (nSPS) is 22.7. The second kappa shape index (κ2) is 5.57. The van der Waals surface area contributed by atoms with E-state index in [1.807, 2.05) is 28.7 Å². The minimum absolute atomic E-state index is 0.410. The van der Waals surface area contributed by atoms with E-state index in [2.05, 4.69) is 10.1 Å². The summed E-state index contributed by atoms with van der Waals surface area (Å²) in [7, 11) is 0. The molecule has 1 aliphatic heterocycles. The molecular formula is C14H17N3O3S. The summed E-state index contributed by atoms with van der Waals surface area (Å²) in [5, 5.41) is 17.4. The van der Waals surface area contributed by atoms with Crippen molar-refractivity contribution in [1.82, 2.24) is 15.0 Å². The van der Waals surface area contributed by atoms with Gasteiger partial charge in [0, 0.05) is 5.38 Å². The third-order valence-corrected chi connectivity index (χ3v) is 4.86. The zero-order chi connectivity index (χ0) is 14.9. The number of hydrogen-bond donors (Lipinski definition) is 1. The number of carbonyl (C=O) groups is 1. The van der Waals surface area contributed by atoms with Gasteiger partial charge in [0.2, 0.25) is 0 Å². The molecule has 1 saturated heterocycles. The Bertz CT molecular complexity index is 625. The lowest BCUT2D eigenvalue weighted by Gasteiger charge is -2.32. The van der Waals surface area contributed by atoms with Crippen molar-refractivity contribution in [2.24, 2.45) is 0 Å². The van der Waals surface area contributed by atoms with Crippen molar-refractivity contribution in [3.8, 4) is 11.5 Å². The SMILES string of the molecule is CCC1(C(=O)O)CCCN1Cc1noc(-c2ccsc2)n1. The first kappa shape index (κ1) is 14.2. The molecule has 2 aromatic rings. The molecule has 0 radical (unpaired) electrons. The molecule has 6 nitrogen and oxygen atoms in total. The van der Waals surface area contributed by atoms with Gasteiger partial charge in [-0.05, 0) is 37.3 Å². The van der Waals surface area contributed by atoms with E-state index in [1.165, 1.54) is 0 Å². The van der Waals surface area contributed by atoms with Crippen LogP contribution in [0.1, 0.15) is 32.0 Å². The molecule has 112 valence electrons. The van der Waals surface area contributed by atoms with Crippen LogP contribution in [0.5, 0.6) is 0 Å². The van der Waals surface area contributed by atoms with Crippen molar-refractivity contribution in [2.45, 2.75) is 38.3 Å². The molecule has 2 aromatic heterocycles. The lowest BCUT2D eigenvalue weighted by atomic mass is 9.93. The zero-order valence-corrected chi connectivity index (χ0v) is 12.6. The summed E-state index contributed by atoms with van der Waals surface area (Å²) in [4.78, 5) is 18.0. The summed E-state index contributed by atoms with van der Waals surface area (Å²) < 4.78 is 5.25. The first-order chi connectivity index (χ1) is 10.2. The van der Waals surface area contributed by atoms with Crippen LogP contribution in [0.4, 0.5) is 0 Å². The Labute approximate surface area is 126 Å². The molecule has 1 unspecified atom stereocenters. The average molecular weight is 307 g/mol. The molecule has 0 aliphatic carbocycles. The quantitative estimate of drug-likeness (QED) is 0.914. The summed E-state index contributed by atoms with van der Waals surface area (Å²) >= 11 is 1.57. The average Bonchev–Trinajstić information content (AvgIpc) is 3.19. The number of carboxylic acid groups (broad SMARTS) is 1. The molecule has 0 spiro atoms. The van der Waals surface area contributed by atoms with Gasteiger partial charge in [0.05, 0.1) is 12.1 Å². The Morgan fingerprint density at radius 2 is 2.48 bits per heavy atom. The zero-order valence-electron chi connectivity index (χ0n) is 11.8. The van der Waals surface area contributed by atoms with Crippen LogP contribution >= 0.6 is 11.3 Å². The molecule has 0 saturated carbocycles. The summed E-state index contributed by atoms with van der Waals surface area (Å²) in [5.41, 5.74) is 0.114. The number of aromatic nitrogens is 2. The lowest BCUT2D eigenvalue weighted by molar-refractivity contribution is -0.150. The Morgan fingerprint density at radius 1 is 1.62 bits per heavy atom. The monoisotopic (exact) mass is 307 g/mol. The van der Waals surface area contributed by atoms with E-state index < -0.39 is 11.5 Å². The van der Waals surface area contributed by atoms with Gasteiger partial charge in [-0.3, -0.25) is 9.69 Å². The molecule has 21 heavy (non-hydrogen) atoms. The van der Waals surface area contributed by atoms with Crippen LogP contribution < -0.4 is 0 Å². The highest BCUT2D eigenvalue weighted by Crippen LogP contribution is 2.34. The van der Waals surface area contributed by atoms with E-state index in [-0.39, 0.29) is 0 Å². The van der Waals surface area contributed by atoms with E-state index in [9.17, 15) is 9.90 Å². The minimum Gasteiger partial charge on any atom is -0.480 e. The van der Waals surface area contributed by atoms with E-state index in [0.717, 1.165) is 18.5 Å². The van der Waals surface area contributed by atoms with Crippen LogP contribution in [0.25, 0.3) is 11.5 Å². The highest BCUT2D eigenvalue weighted by molar-refractivity contribution is 7.08. The van der Waals surface area contributed by atoms with Crippen molar-refractivity contribution in [3.05, 3.63) is 22.7 Å². The second-order valence-corrected chi connectivity index (χ2v) is 6.02. The van der Waals surface area contributed by atoms with Gasteiger partial charge in [0.25, 0.3) is 5.89 Å². The third-order valence-electron chi connectivity index (χ3n) is 4.18. The van der Waals surface area contributed by atoms with Crippen LogP contribution in [0.2, 0.25) is 0 Å². The number of rotatable bonds is 5. The number of likely N-dealkylation sites (tertiary alicyclic amines) is 1. The molecule has 1 N–H and O–H groups in total. The number of thiophene rings is 1. The highest BCUT2D eigenvalue weighted by atomic mass is 32.1. The van der Waals surface area contributed by atoms with Gasteiger partial charge in [0.1, 0.15) is 5.54 Å². The highest BCUT2D eigenvalue weighted by Gasteiger charge is 2.46. The van der Waals surface area contributed by atoms with Crippen LogP contribution in [0.15, 0.2) is 21.3 Å². The maximum Gasteiger partial charge on any atom is 0.324 e. The van der Waals surface area contributed by atoms with Gasteiger partial charge in [0.15, 0.2) is 5.82 Å². The Morgan fingerprint density at radius 3 is 3.14 bits per heavy atom. The third kappa shape index (κ3) is 2.47. The topological polar surface area (TPSA) is 79.5 Å². The Hall–Kier alpha value is -1.73. The molecule has 7 heteroatoms. The molecule has 1 atom stereocenters. The fourth-order valence-corrected chi connectivity index (χ4v) is 3.58. The maximum atomic E-state index is 11.6. The molecule has 1 aliphatic rings. The Balaban J connectivity index is 1.79. The van der Waals surface area contributed by atoms with E-state index in [1.54, 1.807) is 11.3 Å². The first-order valence-corrected chi connectivity index (χ1v) is 7.93. The fraction of sp³-hybridized carbons (Fsp3) is 0.500. The van der Waals surface area contributed by atoms with Crippen LogP contribution in [-0.2, 0) is 11.3 Å². The summed E-state index contributed by atoms with van der Waals surface area (Å²) in [6, 6.07) is 1.92. The van der Waals surface area contributed by atoms with Crippen LogP contribution in [-0.4, -0.2) is 38.2 Å². The molecule has 0 amide bonds. The van der Waals surface area contributed by atoms with E-state index in [0.29, 0.717) is 31.1 Å². The van der Waals surface area contributed by atoms with Crippen LogP contribution in [0.3, 0.4) is 0 Å². The Kier molecular flexibility index (Phi) is 3.77. The number of hydrogen-bond acceptors (Lipinski definition) is 6. The standard InChI is InChI=1S/C14H17N3O3S/c1-2-14(13(18)19)5-3-6-17(14)8-11-15-12(20-16-11)10-4-7-21-9-10/h4,7,9H,2-3,5-6,8H2,1H3,(H,18,19). The number of carboxylic acids is 1. The molecule has 3 heterocycles. The largest absolute Gasteiger partial charge is 0.480 e. The summed E-state index contributed by atoms with van der Waals surface area (Å²) in [5.74, 6) is 0.268. The van der Waals surface area contributed by atoms with Crippen molar-refractivity contribution in [3.63, 3.8) is 0 Å². The van der Waals surface area contributed by atoms with Crippen molar-refractivity contribution < 1.29 is 14.4 Å². The first-order valence-electron chi connectivity index (χ1n) is 6.99. The van der Waals surface area contributed by atoms with Crippen molar-refractivity contribution in [1.29, 1.82) is 0 Å². The van der Waals surface area contributed by atoms with Crippen molar-refractivity contribution >= 4 is 17.3 Å². The number of nitrogens with zero attached hydrogens (tertiary/aromatic N) is 3. The van der Waals surface area contributed by atoms with Crippen LogP contribution in [0, 0.1) is 0 Å². The number of aliphatic carboxylic acids is 1. The summed E-state index contributed by atoms with van der Waals surface area (Å²) in [6.45, 7) is 3.08. The molecular weight excluding hydrogens is 290 g/mol. The van der Waals surface area contributed by atoms with E-state index >= 15 is 0 Å². The second-order valence-electron chi connectivity index (χ2n) is 5.24. The van der Waals surface area contributed by atoms with Gasteiger partial charge in [-0.2, -0.15) is 16.3 Å². The summed E-state index contributed by atoms with van der Waals surface area (Å²) in [6.07, 6.45) is 2.14. The molecule has 0 bridgehead atoms. The van der Waals surface area contributed by atoms with Gasteiger partial charge in [-0.25, -0.2) is 0 Å². The lowest BCUT2D eigenvalue weighted by Crippen LogP contribution is -2.49. The predicted molar refractivity (Wildman–Crippen MR) is 77.9 cm³/mol. The smallest absolute Gasteiger partial charge is 0.324 e. The molecule has 0 aromatic carbocycles. The molecule has 3 rings (SSSR count). The fourth-order valence-electron chi connectivity index (χ4n) is 2.95. The van der Waals surface area contributed by atoms with Gasteiger partial charge >= 0.3 is 5.97 Å². The van der Waals surface area contributed by atoms with Gasteiger partial charge in [-0.15, -0.1) is 0 Å². The maximum absolute atomic E-state index is 11.6.